The van der Waals surface area contributed by atoms with E-state index in [-0.39, 0.29) is 11.6 Å². The highest BCUT2D eigenvalue weighted by atomic mass is 19.4. The number of rotatable bonds is 10. The summed E-state index contributed by atoms with van der Waals surface area (Å²) < 4.78 is 80.8. The third-order valence-electron chi connectivity index (χ3n) is 6.02. The number of aromatic amines is 1. The molecule has 0 atom stereocenters. The molecular weight excluding hydrogens is 454 g/mol. The van der Waals surface area contributed by atoms with Gasteiger partial charge in [0.2, 0.25) is 0 Å². The lowest BCUT2D eigenvalue weighted by molar-refractivity contribution is -0.143. The lowest BCUT2D eigenvalue weighted by Gasteiger charge is -2.22. The zero-order valence-electron chi connectivity index (χ0n) is 19.4. The standard InChI is InChI=1S/C26H30F6N2/c1-3-5-12-34(13-6-4-2)14-11-22-21-9-7-8-10-23(21)33-24(22)18-15-19(25(27,28)29)17-20(16-18)26(30,31)32/h7-10,15-17,33H,3-6,11-14H2,1-2H3. The Kier molecular flexibility index (Phi) is 8.34. The van der Waals surface area contributed by atoms with E-state index in [1.54, 1.807) is 12.1 Å². The molecule has 0 radical (unpaired) electrons. The summed E-state index contributed by atoms with van der Waals surface area (Å²) in [6, 6.07) is 9.02. The fourth-order valence-corrected chi connectivity index (χ4v) is 4.17. The first-order valence-electron chi connectivity index (χ1n) is 11.7. The topological polar surface area (TPSA) is 19.0 Å². The van der Waals surface area contributed by atoms with Crippen molar-refractivity contribution < 1.29 is 26.3 Å². The molecule has 0 amide bonds. The van der Waals surface area contributed by atoms with Gasteiger partial charge in [-0.05, 0) is 67.7 Å². The van der Waals surface area contributed by atoms with Crippen LogP contribution < -0.4 is 0 Å². The molecule has 3 rings (SSSR count). The smallest absolute Gasteiger partial charge is 0.354 e. The first-order valence-corrected chi connectivity index (χ1v) is 11.7. The normalized spacial score (nSPS) is 12.7. The predicted octanol–water partition coefficient (Wildman–Crippen LogP) is 8.32. The molecule has 186 valence electrons. The number of alkyl halides is 6. The van der Waals surface area contributed by atoms with Gasteiger partial charge in [0.15, 0.2) is 0 Å². The first kappa shape index (κ1) is 26.1. The quantitative estimate of drug-likeness (QED) is 0.287. The maximum Gasteiger partial charge on any atom is 0.416 e. The summed E-state index contributed by atoms with van der Waals surface area (Å²) in [4.78, 5) is 5.42. The van der Waals surface area contributed by atoms with Crippen LogP contribution in [0, 0.1) is 0 Å². The van der Waals surface area contributed by atoms with E-state index in [0.29, 0.717) is 24.2 Å². The molecule has 0 aliphatic heterocycles. The number of halogens is 6. The van der Waals surface area contributed by atoms with Crippen molar-refractivity contribution in [3.8, 4) is 11.3 Å². The molecule has 1 N–H and O–H groups in total. The van der Waals surface area contributed by atoms with Gasteiger partial charge in [-0.25, -0.2) is 0 Å². The van der Waals surface area contributed by atoms with Gasteiger partial charge in [-0.15, -0.1) is 0 Å². The number of unbranched alkanes of at least 4 members (excludes halogenated alkanes) is 2. The predicted molar refractivity (Wildman–Crippen MR) is 124 cm³/mol. The van der Waals surface area contributed by atoms with Gasteiger partial charge in [-0.3, -0.25) is 0 Å². The number of nitrogens with one attached hydrogen (secondary N) is 1. The van der Waals surface area contributed by atoms with Crippen molar-refractivity contribution in [2.45, 2.75) is 58.3 Å². The van der Waals surface area contributed by atoms with Gasteiger partial charge in [-0.1, -0.05) is 44.9 Å². The summed E-state index contributed by atoms with van der Waals surface area (Å²) in [5.74, 6) is 0. The lowest BCUT2D eigenvalue weighted by Crippen LogP contribution is -2.28. The van der Waals surface area contributed by atoms with Gasteiger partial charge >= 0.3 is 12.4 Å². The maximum atomic E-state index is 13.5. The Morgan fingerprint density at radius 1 is 0.765 bits per heavy atom. The molecule has 0 fully saturated rings. The third kappa shape index (κ3) is 6.34. The minimum atomic E-state index is -4.89. The van der Waals surface area contributed by atoms with Gasteiger partial charge in [0, 0.05) is 23.1 Å². The molecule has 0 saturated carbocycles. The highest BCUT2D eigenvalue weighted by Gasteiger charge is 2.37. The average Bonchev–Trinajstić information content (AvgIpc) is 3.16. The molecule has 3 aromatic rings. The van der Waals surface area contributed by atoms with Gasteiger partial charge in [0.25, 0.3) is 0 Å². The van der Waals surface area contributed by atoms with Crippen LogP contribution in [0.25, 0.3) is 22.2 Å². The number of hydrogen-bond donors (Lipinski definition) is 1. The maximum absolute atomic E-state index is 13.5. The van der Waals surface area contributed by atoms with Crippen molar-refractivity contribution in [2.24, 2.45) is 0 Å². The fraction of sp³-hybridized carbons (Fsp3) is 0.462. The second-order valence-corrected chi connectivity index (χ2v) is 8.62. The van der Waals surface area contributed by atoms with Crippen LogP contribution in [0.15, 0.2) is 42.5 Å². The zero-order chi connectivity index (χ0) is 24.9. The van der Waals surface area contributed by atoms with E-state index in [1.807, 2.05) is 12.1 Å². The number of H-pyrrole nitrogens is 1. The van der Waals surface area contributed by atoms with Crippen LogP contribution in [0.4, 0.5) is 26.3 Å². The fourth-order valence-electron chi connectivity index (χ4n) is 4.17. The molecule has 8 heteroatoms. The second-order valence-electron chi connectivity index (χ2n) is 8.62. The largest absolute Gasteiger partial charge is 0.416 e. The van der Waals surface area contributed by atoms with Crippen molar-refractivity contribution in [3.63, 3.8) is 0 Å². The Morgan fingerprint density at radius 3 is 1.85 bits per heavy atom. The number of nitrogens with zero attached hydrogens (tertiary/aromatic N) is 1. The van der Waals surface area contributed by atoms with Crippen LogP contribution in [0.5, 0.6) is 0 Å². The van der Waals surface area contributed by atoms with Gasteiger partial charge in [0.05, 0.1) is 11.1 Å². The Morgan fingerprint density at radius 2 is 1.32 bits per heavy atom. The van der Waals surface area contributed by atoms with E-state index >= 15 is 0 Å². The molecule has 0 aliphatic rings. The van der Waals surface area contributed by atoms with Gasteiger partial charge in [0.1, 0.15) is 0 Å². The Labute approximate surface area is 196 Å². The molecule has 0 aliphatic carbocycles. The van der Waals surface area contributed by atoms with Gasteiger partial charge < -0.3 is 9.88 Å². The minimum Gasteiger partial charge on any atom is -0.354 e. The van der Waals surface area contributed by atoms with Crippen molar-refractivity contribution in [1.82, 2.24) is 9.88 Å². The van der Waals surface area contributed by atoms with E-state index < -0.39 is 23.5 Å². The van der Waals surface area contributed by atoms with E-state index in [1.165, 1.54) is 0 Å². The molecule has 34 heavy (non-hydrogen) atoms. The number of benzene rings is 2. The summed E-state index contributed by atoms with van der Waals surface area (Å²) >= 11 is 0. The molecule has 2 nitrogen and oxygen atoms in total. The molecule has 2 aromatic carbocycles. The molecule has 1 aromatic heterocycles. The molecule has 0 bridgehead atoms. The van der Waals surface area contributed by atoms with E-state index in [9.17, 15) is 26.3 Å². The summed E-state index contributed by atoms with van der Waals surface area (Å²) in [7, 11) is 0. The second kappa shape index (κ2) is 10.8. The van der Waals surface area contributed by atoms with Crippen LogP contribution in [-0.2, 0) is 18.8 Å². The Hall–Kier alpha value is -2.48. The van der Waals surface area contributed by atoms with Crippen molar-refractivity contribution in [2.75, 3.05) is 19.6 Å². The van der Waals surface area contributed by atoms with Crippen LogP contribution in [0.3, 0.4) is 0 Å². The summed E-state index contributed by atoms with van der Waals surface area (Å²) in [5.41, 5.74) is -0.997. The number of aromatic nitrogens is 1. The number of para-hydroxylation sites is 1. The van der Waals surface area contributed by atoms with Gasteiger partial charge in [-0.2, -0.15) is 26.3 Å². The van der Waals surface area contributed by atoms with Crippen LogP contribution in [0.2, 0.25) is 0 Å². The summed E-state index contributed by atoms with van der Waals surface area (Å²) in [6.45, 7) is 6.73. The van der Waals surface area contributed by atoms with E-state index in [2.05, 4.69) is 23.7 Å². The Bertz CT molecular complexity index is 1040. The first-order chi connectivity index (χ1) is 16.0. The summed E-state index contributed by atoms with van der Waals surface area (Å²) in [6.07, 6.45) is -5.10. The van der Waals surface area contributed by atoms with E-state index in [4.69, 9.17) is 0 Å². The summed E-state index contributed by atoms with van der Waals surface area (Å²) in [5, 5.41) is 0.814. The van der Waals surface area contributed by atoms with Crippen LogP contribution in [0.1, 0.15) is 56.2 Å². The monoisotopic (exact) mass is 484 g/mol. The van der Waals surface area contributed by atoms with Crippen LogP contribution >= 0.6 is 0 Å². The zero-order valence-corrected chi connectivity index (χ0v) is 19.4. The van der Waals surface area contributed by atoms with Crippen molar-refractivity contribution in [1.29, 1.82) is 0 Å². The molecule has 0 unspecified atom stereocenters. The number of fused-ring (bicyclic) bond motifs is 1. The Balaban J connectivity index is 2.07. The SMILES string of the molecule is CCCCN(CCCC)CCc1c(-c2cc(C(F)(F)F)cc(C(F)(F)F)c2)[nH]c2ccccc12. The lowest BCUT2D eigenvalue weighted by atomic mass is 9.98. The highest BCUT2D eigenvalue weighted by molar-refractivity contribution is 5.91. The molecule has 0 spiro atoms. The van der Waals surface area contributed by atoms with Crippen LogP contribution in [-0.4, -0.2) is 29.5 Å². The molecular formula is C26H30F6N2. The average molecular weight is 485 g/mol. The molecule has 1 heterocycles. The number of hydrogen-bond acceptors (Lipinski definition) is 1. The van der Waals surface area contributed by atoms with Crippen molar-refractivity contribution in [3.05, 3.63) is 59.2 Å². The highest BCUT2D eigenvalue weighted by Crippen LogP contribution is 2.40. The third-order valence-corrected chi connectivity index (χ3v) is 6.02. The van der Waals surface area contributed by atoms with Crippen molar-refractivity contribution >= 4 is 10.9 Å². The molecule has 0 saturated heterocycles. The minimum absolute atomic E-state index is 0.109. The van der Waals surface area contributed by atoms with E-state index in [0.717, 1.165) is 61.9 Å².